The number of benzene rings is 1. The van der Waals surface area contributed by atoms with Crippen LogP contribution in [0.2, 0.25) is 0 Å². The molecule has 0 amide bonds. The van der Waals surface area contributed by atoms with Gasteiger partial charge in [-0.25, -0.2) is 0 Å². The Kier molecular flexibility index (Phi) is 5.86. The van der Waals surface area contributed by atoms with Crippen LogP contribution in [0.25, 0.3) is 0 Å². The number of β-amino-alcohol motifs (C(OH)–C–C–N with tert-alkyl or cyclic N) is 1. The first-order chi connectivity index (χ1) is 9.69. The monoisotopic (exact) mass is 277 g/mol. The molecule has 0 saturated carbocycles. The molecule has 0 aliphatic carbocycles. The summed E-state index contributed by atoms with van der Waals surface area (Å²) in [7, 11) is 0. The van der Waals surface area contributed by atoms with Crippen molar-refractivity contribution in [1.29, 1.82) is 0 Å². The van der Waals surface area contributed by atoms with Crippen molar-refractivity contribution in [3.05, 3.63) is 29.8 Å². The van der Waals surface area contributed by atoms with Crippen LogP contribution in [0.3, 0.4) is 0 Å². The molecule has 1 aliphatic heterocycles. The van der Waals surface area contributed by atoms with Gasteiger partial charge in [-0.3, -0.25) is 0 Å². The van der Waals surface area contributed by atoms with Gasteiger partial charge in [0.1, 0.15) is 5.75 Å². The lowest BCUT2D eigenvalue weighted by Crippen LogP contribution is -2.29. The number of hydrogen-bond donors (Lipinski definition) is 1. The fraction of sp³-hybridized carbons (Fsp3) is 0.647. The van der Waals surface area contributed by atoms with Crippen LogP contribution in [0, 0.1) is 5.92 Å². The molecular formula is C17H27NO2. The van der Waals surface area contributed by atoms with Crippen LogP contribution in [0.1, 0.15) is 44.8 Å². The first kappa shape index (κ1) is 15.3. The summed E-state index contributed by atoms with van der Waals surface area (Å²) in [6.07, 6.45) is 3.40. The van der Waals surface area contributed by atoms with Crippen molar-refractivity contribution in [1.82, 2.24) is 4.90 Å². The molecule has 2 atom stereocenters. The smallest absolute Gasteiger partial charge is 0.119 e. The summed E-state index contributed by atoms with van der Waals surface area (Å²) >= 11 is 0. The minimum absolute atomic E-state index is 0.404. The lowest BCUT2D eigenvalue weighted by atomic mass is 10.0. The van der Waals surface area contributed by atoms with Crippen LogP contribution in [-0.2, 0) is 0 Å². The van der Waals surface area contributed by atoms with Gasteiger partial charge < -0.3 is 14.7 Å². The largest absolute Gasteiger partial charge is 0.494 e. The minimum atomic E-state index is -0.404. The molecule has 0 spiro atoms. The van der Waals surface area contributed by atoms with Gasteiger partial charge in [-0.2, -0.15) is 0 Å². The third-order valence-electron chi connectivity index (χ3n) is 4.12. The molecule has 1 N–H and O–H groups in total. The van der Waals surface area contributed by atoms with E-state index in [-0.39, 0.29) is 0 Å². The van der Waals surface area contributed by atoms with Crippen molar-refractivity contribution in [2.45, 2.75) is 39.2 Å². The maximum Gasteiger partial charge on any atom is 0.119 e. The summed E-state index contributed by atoms with van der Waals surface area (Å²) in [5, 5.41) is 10.4. The molecule has 0 radical (unpaired) electrons. The molecule has 112 valence electrons. The van der Waals surface area contributed by atoms with Crippen LogP contribution in [-0.4, -0.2) is 36.2 Å². The fourth-order valence-corrected chi connectivity index (χ4v) is 2.81. The topological polar surface area (TPSA) is 32.7 Å². The second-order valence-corrected chi connectivity index (χ2v) is 5.85. The maximum absolute atomic E-state index is 10.4. The number of aliphatic hydroxyl groups is 1. The zero-order valence-corrected chi connectivity index (χ0v) is 12.7. The Labute approximate surface area is 122 Å². The molecule has 0 aromatic heterocycles. The third-order valence-corrected chi connectivity index (χ3v) is 4.12. The van der Waals surface area contributed by atoms with Crippen molar-refractivity contribution in [2.24, 2.45) is 5.92 Å². The number of likely N-dealkylation sites (tertiary alicyclic amines) is 1. The highest BCUT2D eigenvalue weighted by atomic mass is 16.5. The van der Waals surface area contributed by atoms with E-state index >= 15 is 0 Å². The lowest BCUT2D eigenvalue weighted by Gasteiger charge is -2.23. The maximum atomic E-state index is 10.4. The zero-order valence-electron chi connectivity index (χ0n) is 12.7. The van der Waals surface area contributed by atoms with Crippen molar-refractivity contribution in [3.8, 4) is 5.75 Å². The molecule has 1 heterocycles. The van der Waals surface area contributed by atoms with E-state index < -0.39 is 6.10 Å². The third kappa shape index (κ3) is 4.50. The second kappa shape index (κ2) is 7.65. The summed E-state index contributed by atoms with van der Waals surface area (Å²) in [6.45, 7) is 7.93. The normalized spacial score (nSPS) is 22.2. The number of hydrogen-bond acceptors (Lipinski definition) is 3. The highest BCUT2D eigenvalue weighted by Crippen LogP contribution is 2.21. The van der Waals surface area contributed by atoms with Crippen molar-refractivity contribution in [2.75, 3.05) is 26.2 Å². The zero-order chi connectivity index (χ0) is 14.4. The van der Waals surface area contributed by atoms with E-state index in [4.69, 9.17) is 4.74 Å². The van der Waals surface area contributed by atoms with Crippen LogP contribution in [0.15, 0.2) is 24.3 Å². The first-order valence-corrected chi connectivity index (χ1v) is 7.82. The van der Waals surface area contributed by atoms with E-state index in [1.807, 2.05) is 31.2 Å². The van der Waals surface area contributed by atoms with Crippen LogP contribution >= 0.6 is 0 Å². The summed E-state index contributed by atoms with van der Waals surface area (Å²) in [5.41, 5.74) is 0.978. The van der Waals surface area contributed by atoms with E-state index in [1.54, 1.807) is 0 Å². The molecule has 0 bridgehead atoms. The number of aliphatic hydroxyl groups excluding tert-OH is 1. The molecule has 1 aliphatic rings. The second-order valence-electron chi connectivity index (χ2n) is 5.85. The van der Waals surface area contributed by atoms with Gasteiger partial charge in [-0.05, 0) is 62.9 Å². The molecule has 1 fully saturated rings. The summed E-state index contributed by atoms with van der Waals surface area (Å²) in [6, 6.07) is 7.81. The Morgan fingerprint density at radius 2 is 2.00 bits per heavy atom. The molecule has 1 aromatic rings. The average Bonchev–Trinajstić information content (AvgIpc) is 2.65. The van der Waals surface area contributed by atoms with E-state index in [2.05, 4.69) is 11.8 Å². The lowest BCUT2D eigenvalue weighted by molar-refractivity contribution is 0.114. The van der Waals surface area contributed by atoms with Gasteiger partial charge in [0.25, 0.3) is 0 Å². The molecule has 2 unspecified atom stereocenters. The van der Waals surface area contributed by atoms with Crippen molar-refractivity contribution in [3.63, 3.8) is 0 Å². The average molecular weight is 277 g/mol. The Morgan fingerprint density at radius 3 is 2.70 bits per heavy atom. The van der Waals surface area contributed by atoms with Crippen LogP contribution in [0.5, 0.6) is 5.75 Å². The van der Waals surface area contributed by atoms with Gasteiger partial charge in [-0.1, -0.05) is 19.1 Å². The Morgan fingerprint density at radius 1 is 1.25 bits per heavy atom. The quantitative estimate of drug-likeness (QED) is 0.897. The summed E-state index contributed by atoms with van der Waals surface area (Å²) < 4.78 is 5.43. The van der Waals surface area contributed by atoms with Gasteiger partial charge >= 0.3 is 0 Å². The van der Waals surface area contributed by atoms with Crippen LogP contribution < -0.4 is 4.74 Å². The van der Waals surface area contributed by atoms with E-state index in [9.17, 15) is 5.11 Å². The molecule has 1 saturated heterocycles. The van der Waals surface area contributed by atoms with Crippen LogP contribution in [0.4, 0.5) is 0 Å². The summed E-state index contributed by atoms with van der Waals surface area (Å²) in [4.78, 5) is 2.39. The molecule has 1 aromatic carbocycles. The van der Waals surface area contributed by atoms with E-state index in [0.717, 1.165) is 36.9 Å². The number of rotatable bonds is 5. The molecule has 2 rings (SSSR count). The van der Waals surface area contributed by atoms with Gasteiger partial charge in [0.05, 0.1) is 12.7 Å². The highest BCUT2D eigenvalue weighted by Gasteiger charge is 2.17. The minimum Gasteiger partial charge on any atom is -0.494 e. The van der Waals surface area contributed by atoms with Gasteiger partial charge in [0, 0.05) is 6.54 Å². The van der Waals surface area contributed by atoms with Crippen molar-refractivity contribution < 1.29 is 9.84 Å². The van der Waals surface area contributed by atoms with Crippen molar-refractivity contribution >= 4 is 0 Å². The standard InChI is InChI=1S/C17H27NO2/c1-3-20-16-8-6-15(7-9-16)17(19)13-18-11-4-5-14(2)10-12-18/h6-9,14,17,19H,3-5,10-13H2,1-2H3. The SMILES string of the molecule is CCOc1ccc(C(O)CN2CCCC(C)CC2)cc1. The first-order valence-electron chi connectivity index (χ1n) is 7.82. The predicted octanol–water partition coefficient (Wildman–Crippen LogP) is 3.24. The molecule has 3 nitrogen and oxygen atoms in total. The van der Waals surface area contributed by atoms with Gasteiger partial charge in [-0.15, -0.1) is 0 Å². The predicted molar refractivity (Wildman–Crippen MR) is 82.0 cm³/mol. The highest BCUT2D eigenvalue weighted by molar-refractivity contribution is 5.28. The number of ether oxygens (including phenoxy) is 1. The molecule has 20 heavy (non-hydrogen) atoms. The Hall–Kier alpha value is -1.06. The van der Waals surface area contributed by atoms with E-state index in [0.29, 0.717) is 6.61 Å². The molecular weight excluding hydrogens is 250 g/mol. The Balaban J connectivity index is 1.88. The summed E-state index contributed by atoms with van der Waals surface area (Å²) in [5.74, 6) is 1.69. The van der Waals surface area contributed by atoms with Gasteiger partial charge in [0.15, 0.2) is 0 Å². The van der Waals surface area contributed by atoms with E-state index in [1.165, 1.54) is 19.3 Å². The molecule has 3 heteroatoms. The number of nitrogens with zero attached hydrogens (tertiary/aromatic N) is 1. The fourth-order valence-electron chi connectivity index (χ4n) is 2.81. The van der Waals surface area contributed by atoms with Gasteiger partial charge in [0.2, 0.25) is 0 Å². The Bertz CT molecular complexity index is 390.